The number of anilines is 2. The zero-order valence-corrected chi connectivity index (χ0v) is 10.5. The molecule has 0 atom stereocenters. The maximum Gasteiger partial charge on any atom is 0.341 e. The number of hydrogen-bond acceptors (Lipinski definition) is 5. The van der Waals surface area contributed by atoms with E-state index in [4.69, 9.17) is 9.84 Å². The minimum Gasteiger partial charge on any atom is -0.479 e. The first-order valence-electron chi connectivity index (χ1n) is 5.59. The molecule has 6 heteroatoms. The SMILES string of the molecule is COc1nnc(Nc2ccccc2C)cc1C(=O)O. The Labute approximate surface area is 110 Å². The van der Waals surface area contributed by atoms with Crippen LogP contribution in [-0.4, -0.2) is 28.4 Å². The number of aromatic carboxylic acids is 1. The molecule has 0 amide bonds. The molecule has 0 aliphatic rings. The van der Waals surface area contributed by atoms with Gasteiger partial charge >= 0.3 is 5.97 Å². The van der Waals surface area contributed by atoms with Gasteiger partial charge in [0.1, 0.15) is 5.56 Å². The van der Waals surface area contributed by atoms with Gasteiger partial charge in [-0.05, 0) is 18.6 Å². The van der Waals surface area contributed by atoms with E-state index >= 15 is 0 Å². The second kappa shape index (κ2) is 5.34. The van der Waals surface area contributed by atoms with Gasteiger partial charge in [0.15, 0.2) is 5.82 Å². The van der Waals surface area contributed by atoms with Crippen LogP contribution in [0.2, 0.25) is 0 Å². The van der Waals surface area contributed by atoms with Crippen LogP contribution in [0.3, 0.4) is 0 Å². The van der Waals surface area contributed by atoms with Crippen molar-refractivity contribution in [3.05, 3.63) is 41.5 Å². The lowest BCUT2D eigenvalue weighted by atomic mass is 10.2. The Balaban J connectivity index is 2.34. The molecule has 19 heavy (non-hydrogen) atoms. The van der Waals surface area contributed by atoms with Gasteiger partial charge in [0.25, 0.3) is 0 Å². The van der Waals surface area contributed by atoms with Gasteiger partial charge in [0.05, 0.1) is 7.11 Å². The summed E-state index contributed by atoms with van der Waals surface area (Å²) in [6.07, 6.45) is 0. The topological polar surface area (TPSA) is 84.3 Å². The maximum absolute atomic E-state index is 11.1. The maximum atomic E-state index is 11.1. The number of nitrogens with zero attached hydrogens (tertiary/aromatic N) is 2. The first-order chi connectivity index (χ1) is 9.11. The number of rotatable bonds is 4. The second-order valence-corrected chi connectivity index (χ2v) is 3.90. The number of carboxylic acid groups (broad SMARTS) is 1. The molecule has 0 saturated heterocycles. The Hall–Kier alpha value is -2.63. The van der Waals surface area contributed by atoms with Gasteiger partial charge in [-0.25, -0.2) is 4.79 Å². The van der Waals surface area contributed by atoms with Gasteiger partial charge in [-0.3, -0.25) is 0 Å². The summed E-state index contributed by atoms with van der Waals surface area (Å²) in [5.41, 5.74) is 1.84. The fourth-order valence-corrected chi connectivity index (χ4v) is 1.60. The summed E-state index contributed by atoms with van der Waals surface area (Å²) in [5.74, 6) is -0.769. The van der Waals surface area contributed by atoms with Crippen LogP contribution >= 0.6 is 0 Å². The predicted molar refractivity (Wildman–Crippen MR) is 70.0 cm³/mol. The summed E-state index contributed by atoms with van der Waals surface area (Å²) < 4.78 is 4.85. The summed E-state index contributed by atoms with van der Waals surface area (Å²) in [7, 11) is 1.35. The van der Waals surface area contributed by atoms with Crippen molar-refractivity contribution in [3.8, 4) is 5.88 Å². The zero-order chi connectivity index (χ0) is 13.8. The number of carbonyl (C=O) groups is 1. The number of para-hydroxylation sites is 1. The van der Waals surface area contributed by atoms with Crippen LogP contribution in [-0.2, 0) is 0 Å². The highest BCUT2D eigenvalue weighted by Crippen LogP contribution is 2.22. The molecule has 2 rings (SSSR count). The number of aryl methyl sites for hydroxylation is 1. The van der Waals surface area contributed by atoms with E-state index in [9.17, 15) is 4.79 Å². The molecule has 0 aliphatic heterocycles. The average Bonchev–Trinajstić information content (AvgIpc) is 2.41. The van der Waals surface area contributed by atoms with Crippen molar-refractivity contribution >= 4 is 17.5 Å². The molecule has 0 aliphatic carbocycles. The van der Waals surface area contributed by atoms with Crippen LogP contribution in [0.25, 0.3) is 0 Å². The molecule has 0 bridgehead atoms. The first-order valence-corrected chi connectivity index (χ1v) is 5.59. The molecule has 0 radical (unpaired) electrons. The van der Waals surface area contributed by atoms with Crippen molar-refractivity contribution in [1.82, 2.24) is 10.2 Å². The summed E-state index contributed by atoms with van der Waals surface area (Å²) in [5, 5.41) is 19.7. The third kappa shape index (κ3) is 2.79. The smallest absolute Gasteiger partial charge is 0.341 e. The van der Waals surface area contributed by atoms with Gasteiger partial charge in [0, 0.05) is 11.8 Å². The number of nitrogens with one attached hydrogen (secondary N) is 1. The van der Waals surface area contributed by atoms with Crippen LogP contribution < -0.4 is 10.1 Å². The monoisotopic (exact) mass is 259 g/mol. The van der Waals surface area contributed by atoms with Crippen LogP contribution in [0.4, 0.5) is 11.5 Å². The van der Waals surface area contributed by atoms with Crippen molar-refractivity contribution in [3.63, 3.8) is 0 Å². The van der Waals surface area contributed by atoms with Gasteiger partial charge in [-0.2, -0.15) is 0 Å². The summed E-state index contributed by atoms with van der Waals surface area (Å²) >= 11 is 0. The summed E-state index contributed by atoms with van der Waals surface area (Å²) in [6.45, 7) is 1.94. The van der Waals surface area contributed by atoms with Crippen molar-refractivity contribution < 1.29 is 14.6 Å². The molecular formula is C13H13N3O3. The number of carboxylic acids is 1. The Morgan fingerprint density at radius 1 is 1.32 bits per heavy atom. The summed E-state index contributed by atoms with van der Waals surface area (Å²) in [4.78, 5) is 11.1. The van der Waals surface area contributed by atoms with Crippen molar-refractivity contribution in [2.24, 2.45) is 0 Å². The molecule has 0 fully saturated rings. The van der Waals surface area contributed by atoms with E-state index in [0.29, 0.717) is 5.82 Å². The van der Waals surface area contributed by atoms with E-state index in [2.05, 4.69) is 15.5 Å². The Morgan fingerprint density at radius 3 is 2.68 bits per heavy atom. The minimum atomic E-state index is -1.11. The Kier molecular flexibility index (Phi) is 3.61. The molecule has 98 valence electrons. The number of methoxy groups -OCH3 is 1. The molecule has 0 saturated carbocycles. The largest absolute Gasteiger partial charge is 0.479 e. The van der Waals surface area contributed by atoms with Crippen LogP contribution in [0.1, 0.15) is 15.9 Å². The zero-order valence-electron chi connectivity index (χ0n) is 10.5. The van der Waals surface area contributed by atoms with Crippen LogP contribution in [0.5, 0.6) is 5.88 Å². The molecule has 0 spiro atoms. The minimum absolute atomic E-state index is 0.0113. The Bertz CT molecular complexity index is 614. The van der Waals surface area contributed by atoms with Crippen LogP contribution in [0, 0.1) is 6.92 Å². The fourth-order valence-electron chi connectivity index (χ4n) is 1.60. The van der Waals surface area contributed by atoms with E-state index in [1.807, 2.05) is 31.2 Å². The molecular weight excluding hydrogens is 246 g/mol. The molecule has 1 aromatic carbocycles. The second-order valence-electron chi connectivity index (χ2n) is 3.90. The number of ether oxygens (including phenoxy) is 1. The van der Waals surface area contributed by atoms with Gasteiger partial charge < -0.3 is 15.2 Å². The van der Waals surface area contributed by atoms with E-state index in [0.717, 1.165) is 11.3 Å². The highest BCUT2D eigenvalue weighted by atomic mass is 16.5. The predicted octanol–water partition coefficient (Wildman–Crippen LogP) is 2.24. The third-order valence-electron chi connectivity index (χ3n) is 2.59. The van der Waals surface area contributed by atoms with Crippen molar-refractivity contribution in [1.29, 1.82) is 0 Å². The lowest BCUT2D eigenvalue weighted by Crippen LogP contribution is -2.06. The molecule has 6 nitrogen and oxygen atoms in total. The van der Waals surface area contributed by atoms with E-state index in [1.54, 1.807) is 0 Å². The number of benzene rings is 1. The fraction of sp³-hybridized carbons (Fsp3) is 0.154. The molecule has 0 unspecified atom stereocenters. The summed E-state index contributed by atoms with van der Waals surface area (Å²) in [6, 6.07) is 9.01. The highest BCUT2D eigenvalue weighted by Gasteiger charge is 2.14. The highest BCUT2D eigenvalue weighted by molar-refractivity contribution is 5.91. The van der Waals surface area contributed by atoms with Crippen LogP contribution in [0.15, 0.2) is 30.3 Å². The Morgan fingerprint density at radius 2 is 2.05 bits per heavy atom. The van der Waals surface area contributed by atoms with Gasteiger partial charge in [0.2, 0.25) is 5.88 Å². The molecule has 2 aromatic rings. The standard InChI is InChI=1S/C13H13N3O3/c1-8-5-3-4-6-10(8)14-11-7-9(13(17)18)12(19-2)16-15-11/h3-7H,1-2H3,(H,14,15)(H,17,18). The quantitative estimate of drug-likeness (QED) is 0.875. The normalized spacial score (nSPS) is 10.0. The average molecular weight is 259 g/mol. The van der Waals surface area contributed by atoms with Gasteiger partial charge in [-0.1, -0.05) is 18.2 Å². The molecule has 1 aromatic heterocycles. The van der Waals surface area contributed by atoms with E-state index < -0.39 is 5.97 Å². The lowest BCUT2D eigenvalue weighted by molar-refractivity contribution is 0.0692. The third-order valence-corrected chi connectivity index (χ3v) is 2.59. The molecule has 2 N–H and O–H groups in total. The lowest BCUT2D eigenvalue weighted by Gasteiger charge is -2.09. The van der Waals surface area contributed by atoms with E-state index in [1.165, 1.54) is 13.2 Å². The van der Waals surface area contributed by atoms with Gasteiger partial charge in [-0.15, -0.1) is 10.2 Å². The van der Waals surface area contributed by atoms with Crippen molar-refractivity contribution in [2.75, 3.05) is 12.4 Å². The number of hydrogen-bond donors (Lipinski definition) is 2. The molecule has 1 heterocycles. The first kappa shape index (κ1) is 12.8. The number of aromatic nitrogens is 2. The van der Waals surface area contributed by atoms with E-state index in [-0.39, 0.29) is 11.4 Å². The van der Waals surface area contributed by atoms with Crippen molar-refractivity contribution in [2.45, 2.75) is 6.92 Å².